The van der Waals surface area contributed by atoms with E-state index < -0.39 is 10.7 Å². The molecule has 0 aliphatic rings. The minimum Gasteiger partial charge on any atom is -0.484 e. The summed E-state index contributed by atoms with van der Waals surface area (Å²) in [6.45, 7) is 0.375. The van der Waals surface area contributed by atoms with Crippen LogP contribution < -0.4 is 15.4 Å². The van der Waals surface area contributed by atoms with Crippen LogP contribution in [0.25, 0.3) is 0 Å². The van der Waals surface area contributed by atoms with Crippen LogP contribution in [0.5, 0.6) is 5.75 Å². The van der Waals surface area contributed by atoms with Crippen molar-refractivity contribution in [2.24, 2.45) is 0 Å². The lowest BCUT2D eigenvalue weighted by atomic mass is 10.3. The SMILES string of the molecule is O=C(COc1ccc(Cl)cc1)NCCNC(=O)C(Cl)Cl. The zero-order valence-corrected chi connectivity index (χ0v) is 12.6. The van der Waals surface area contributed by atoms with Crippen LogP contribution >= 0.6 is 34.8 Å². The molecular formula is C12H13Cl3N2O3. The minimum absolute atomic E-state index is 0.122. The average molecular weight is 340 g/mol. The molecule has 0 aromatic heterocycles. The zero-order valence-electron chi connectivity index (χ0n) is 10.4. The molecule has 0 saturated carbocycles. The molecular weight excluding hydrogens is 327 g/mol. The fourth-order valence-electron chi connectivity index (χ4n) is 1.20. The number of hydrogen-bond acceptors (Lipinski definition) is 3. The highest BCUT2D eigenvalue weighted by Gasteiger charge is 2.10. The normalized spacial score (nSPS) is 10.2. The molecule has 0 aliphatic carbocycles. The maximum absolute atomic E-state index is 11.4. The summed E-state index contributed by atoms with van der Waals surface area (Å²) in [7, 11) is 0. The van der Waals surface area contributed by atoms with Crippen molar-refractivity contribution in [3.05, 3.63) is 29.3 Å². The first kappa shape index (κ1) is 16.9. The summed E-state index contributed by atoms with van der Waals surface area (Å²) in [6, 6.07) is 6.66. The van der Waals surface area contributed by atoms with Gasteiger partial charge in [-0.15, -0.1) is 0 Å². The van der Waals surface area contributed by atoms with Gasteiger partial charge in [-0.05, 0) is 24.3 Å². The monoisotopic (exact) mass is 338 g/mol. The van der Waals surface area contributed by atoms with Gasteiger partial charge in [0.15, 0.2) is 11.4 Å². The van der Waals surface area contributed by atoms with Crippen molar-refractivity contribution in [2.75, 3.05) is 19.7 Å². The van der Waals surface area contributed by atoms with Crippen molar-refractivity contribution in [3.8, 4) is 5.75 Å². The van der Waals surface area contributed by atoms with Crippen LogP contribution in [0.3, 0.4) is 0 Å². The van der Waals surface area contributed by atoms with Gasteiger partial charge in [-0.2, -0.15) is 0 Å². The summed E-state index contributed by atoms with van der Waals surface area (Å²) in [4.78, 5) is 21.3. The highest BCUT2D eigenvalue weighted by atomic mass is 35.5. The van der Waals surface area contributed by atoms with E-state index in [1.54, 1.807) is 24.3 Å². The van der Waals surface area contributed by atoms with E-state index >= 15 is 0 Å². The number of amides is 2. The molecule has 0 saturated heterocycles. The number of rotatable bonds is 7. The number of ether oxygens (including phenoxy) is 1. The van der Waals surface area contributed by atoms with E-state index in [1.165, 1.54) is 0 Å². The Morgan fingerprint density at radius 3 is 2.30 bits per heavy atom. The topological polar surface area (TPSA) is 67.4 Å². The molecule has 0 radical (unpaired) electrons. The first-order chi connectivity index (χ1) is 9.49. The van der Waals surface area contributed by atoms with Gasteiger partial charge in [-0.3, -0.25) is 9.59 Å². The van der Waals surface area contributed by atoms with Crippen molar-refractivity contribution in [1.82, 2.24) is 10.6 Å². The van der Waals surface area contributed by atoms with E-state index in [0.717, 1.165) is 0 Å². The molecule has 0 heterocycles. The zero-order chi connectivity index (χ0) is 15.0. The van der Waals surface area contributed by atoms with Crippen LogP contribution in [0.1, 0.15) is 0 Å². The average Bonchev–Trinajstić information content (AvgIpc) is 2.42. The lowest BCUT2D eigenvalue weighted by Gasteiger charge is -2.08. The second-order valence-corrected chi connectivity index (χ2v) is 5.22. The van der Waals surface area contributed by atoms with Crippen molar-refractivity contribution in [1.29, 1.82) is 0 Å². The standard InChI is InChI=1S/C12H13Cl3N2O3/c13-8-1-3-9(4-2-8)20-7-10(18)16-5-6-17-12(19)11(14)15/h1-4,11H,5-7H2,(H,16,18)(H,17,19). The summed E-state index contributed by atoms with van der Waals surface area (Å²) in [5, 5.41) is 5.60. The van der Waals surface area contributed by atoms with Gasteiger partial charge >= 0.3 is 0 Å². The molecule has 0 unspecified atom stereocenters. The number of alkyl halides is 2. The minimum atomic E-state index is -1.11. The van der Waals surface area contributed by atoms with Gasteiger partial charge in [0.1, 0.15) is 5.75 Å². The number of carbonyl (C=O) groups is 2. The molecule has 5 nitrogen and oxygen atoms in total. The van der Waals surface area contributed by atoms with Crippen LogP contribution in [0, 0.1) is 0 Å². The molecule has 1 aromatic rings. The second-order valence-electron chi connectivity index (χ2n) is 3.68. The molecule has 2 N–H and O–H groups in total. The predicted molar refractivity (Wildman–Crippen MR) is 78.5 cm³/mol. The van der Waals surface area contributed by atoms with Gasteiger partial charge in [-0.25, -0.2) is 0 Å². The van der Waals surface area contributed by atoms with Crippen LogP contribution in [-0.2, 0) is 9.59 Å². The highest BCUT2D eigenvalue weighted by Crippen LogP contribution is 2.15. The predicted octanol–water partition coefficient (Wildman–Crippen LogP) is 1.75. The van der Waals surface area contributed by atoms with Crippen LogP contribution in [0.15, 0.2) is 24.3 Å². The molecule has 8 heteroatoms. The third-order valence-corrected chi connectivity index (χ3v) is 2.78. The van der Waals surface area contributed by atoms with E-state index in [2.05, 4.69) is 10.6 Å². The molecule has 110 valence electrons. The van der Waals surface area contributed by atoms with E-state index in [1.807, 2.05) is 0 Å². The first-order valence-electron chi connectivity index (χ1n) is 5.70. The smallest absolute Gasteiger partial charge is 0.258 e. The Morgan fingerprint density at radius 1 is 1.10 bits per heavy atom. The molecule has 0 fully saturated rings. The van der Waals surface area contributed by atoms with Crippen molar-refractivity contribution >= 4 is 46.6 Å². The van der Waals surface area contributed by atoms with E-state index in [4.69, 9.17) is 39.5 Å². The van der Waals surface area contributed by atoms with Gasteiger partial charge in [0, 0.05) is 18.1 Å². The largest absolute Gasteiger partial charge is 0.484 e. The Bertz CT molecular complexity index is 452. The summed E-state index contributed by atoms with van der Waals surface area (Å²) in [6.07, 6.45) is 0. The van der Waals surface area contributed by atoms with Crippen LogP contribution in [0.4, 0.5) is 0 Å². The molecule has 2 amide bonds. The molecule has 1 rings (SSSR count). The molecule has 0 atom stereocenters. The van der Waals surface area contributed by atoms with Crippen molar-refractivity contribution in [2.45, 2.75) is 4.84 Å². The van der Waals surface area contributed by atoms with Crippen LogP contribution in [-0.4, -0.2) is 36.3 Å². The molecule has 20 heavy (non-hydrogen) atoms. The van der Waals surface area contributed by atoms with Crippen LogP contribution in [0.2, 0.25) is 5.02 Å². The van der Waals surface area contributed by atoms with Crippen molar-refractivity contribution in [3.63, 3.8) is 0 Å². The number of hydrogen-bond donors (Lipinski definition) is 2. The molecule has 0 bridgehead atoms. The summed E-state index contributed by atoms with van der Waals surface area (Å²) in [5.74, 6) is -0.257. The maximum atomic E-state index is 11.4. The van der Waals surface area contributed by atoms with E-state index in [-0.39, 0.29) is 25.6 Å². The van der Waals surface area contributed by atoms with Gasteiger partial charge in [0.2, 0.25) is 0 Å². The number of halogens is 3. The quantitative estimate of drug-likeness (QED) is 0.587. The maximum Gasteiger partial charge on any atom is 0.258 e. The number of carbonyl (C=O) groups excluding carboxylic acids is 2. The molecule has 0 aliphatic heterocycles. The number of nitrogens with one attached hydrogen (secondary N) is 2. The Kier molecular flexibility index (Phi) is 7.51. The van der Waals surface area contributed by atoms with Gasteiger partial charge in [0.05, 0.1) is 0 Å². The summed E-state index contributed by atoms with van der Waals surface area (Å²) in [5.41, 5.74) is 0. The lowest BCUT2D eigenvalue weighted by molar-refractivity contribution is -0.123. The van der Waals surface area contributed by atoms with E-state index in [9.17, 15) is 9.59 Å². The lowest BCUT2D eigenvalue weighted by Crippen LogP contribution is -2.38. The Labute approximate surface area is 131 Å². The molecule has 1 aromatic carbocycles. The second kappa shape index (κ2) is 8.89. The highest BCUT2D eigenvalue weighted by molar-refractivity contribution is 6.53. The number of benzene rings is 1. The first-order valence-corrected chi connectivity index (χ1v) is 6.95. The third-order valence-electron chi connectivity index (χ3n) is 2.13. The molecule has 0 spiro atoms. The summed E-state index contributed by atoms with van der Waals surface area (Å²) >= 11 is 16.4. The third kappa shape index (κ3) is 6.84. The van der Waals surface area contributed by atoms with E-state index in [0.29, 0.717) is 10.8 Å². The Hall–Kier alpha value is -1.17. The van der Waals surface area contributed by atoms with Gasteiger partial charge < -0.3 is 15.4 Å². The Morgan fingerprint density at radius 2 is 1.70 bits per heavy atom. The fourth-order valence-corrected chi connectivity index (χ4v) is 1.48. The van der Waals surface area contributed by atoms with Gasteiger partial charge in [0.25, 0.3) is 11.8 Å². The van der Waals surface area contributed by atoms with Crippen molar-refractivity contribution < 1.29 is 14.3 Å². The van der Waals surface area contributed by atoms with Gasteiger partial charge in [-0.1, -0.05) is 34.8 Å². The summed E-state index contributed by atoms with van der Waals surface area (Å²) < 4.78 is 5.24. The fraction of sp³-hybridized carbons (Fsp3) is 0.333. The Balaban J connectivity index is 2.14.